The van der Waals surface area contributed by atoms with Crippen LogP contribution in [0, 0.1) is 5.41 Å². The third kappa shape index (κ3) is 5.51. The monoisotopic (exact) mass is 333 g/mol. The van der Waals surface area contributed by atoms with Gasteiger partial charge in [-0.25, -0.2) is 0 Å². The van der Waals surface area contributed by atoms with Crippen LogP contribution in [0.2, 0.25) is 0 Å². The molecular formula is C17H23N3O4. The van der Waals surface area contributed by atoms with Gasteiger partial charge < -0.3 is 20.3 Å². The number of phenols is 1. The molecule has 0 amide bonds. The molecule has 0 aromatic heterocycles. The van der Waals surface area contributed by atoms with E-state index in [2.05, 4.69) is 22.0 Å². The fourth-order valence-corrected chi connectivity index (χ4v) is 1.75. The van der Waals surface area contributed by atoms with Gasteiger partial charge in [-0.1, -0.05) is 6.07 Å². The van der Waals surface area contributed by atoms with E-state index in [4.69, 9.17) is 9.84 Å². The number of nitrogens with zero attached hydrogens (tertiary/aromatic N) is 2. The number of rotatable bonds is 9. The van der Waals surface area contributed by atoms with Crippen LogP contribution >= 0.6 is 0 Å². The quantitative estimate of drug-likeness (QED) is 0.366. The minimum absolute atomic E-state index is 0.0196. The number of anilines is 1. The number of aliphatic carboxylic acids is 1. The fourth-order valence-electron chi connectivity index (χ4n) is 1.75. The van der Waals surface area contributed by atoms with Gasteiger partial charge in [0.15, 0.2) is 0 Å². The Balaban J connectivity index is 2.74. The number of hydrogen-bond acceptors (Lipinski definition) is 6. The summed E-state index contributed by atoms with van der Waals surface area (Å²) in [6.07, 6.45) is 3.05. The smallest absolute Gasteiger partial charge is 0.311 e. The highest BCUT2D eigenvalue weighted by molar-refractivity contribution is 6.10. The van der Waals surface area contributed by atoms with E-state index < -0.39 is 11.4 Å². The number of ether oxygens (including phenoxy) is 1. The number of benzene rings is 1. The maximum atomic E-state index is 11.0. The highest BCUT2D eigenvalue weighted by Crippen LogP contribution is 2.26. The first-order valence-corrected chi connectivity index (χ1v) is 7.30. The lowest BCUT2D eigenvalue weighted by molar-refractivity contribution is -0.150. The second-order valence-corrected chi connectivity index (χ2v) is 5.73. The Morgan fingerprint density at radius 1 is 1.46 bits per heavy atom. The van der Waals surface area contributed by atoms with E-state index >= 15 is 0 Å². The van der Waals surface area contributed by atoms with Crippen LogP contribution in [-0.2, 0) is 9.53 Å². The van der Waals surface area contributed by atoms with Gasteiger partial charge in [-0.05, 0) is 38.3 Å². The molecule has 1 aromatic carbocycles. The van der Waals surface area contributed by atoms with Crippen molar-refractivity contribution in [3.05, 3.63) is 30.0 Å². The van der Waals surface area contributed by atoms with Gasteiger partial charge in [0.25, 0.3) is 0 Å². The number of carboxylic acids is 1. The molecule has 0 aliphatic heterocycles. The van der Waals surface area contributed by atoms with Crippen molar-refractivity contribution in [3.63, 3.8) is 0 Å². The molecule has 0 saturated carbocycles. The molecule has 0 radical (unpaired) electrons. The zero-order chi connectivity index (χ0) is 18.2. The molecule has 0 bridgehead atoms. The Morgan fingerprint density at radius 3 is 2.71 bits per heavy atom. The van der Waals surface area contributed by atoms with E-state index in [0.717, 1.165) is 0 Å². The normalized spacial score (nSPS) is 12.4. The second-order valence-electron chi connectivity index (χ2n) is 5.73. The number of carbonyl (C=O) groups is 1. The van der Waals surface area contributed by atoms with Gasteiger partial charge in [-0.3, -0.25) is 14.8 Å². The number of phenolic OH excluding ortho intramolecular Hbond substituents is 1. The lowest BCUT2D eigenvalue weighted by atomic mass is 9.95. The summed E-state index contributed by atoms with van der Waals surface area (Å²) in [5.74, 6) is -0.819. The molecule has 0 atom stereocenters. The maximum absolute atomic E-state index is 11.0. The van der Waals surface area contributed by atoms with Crippen molar-refractivity contribution in [2.45, 2.75) is 13.8 Å². The zero-order valence-electron chi connectivity index (χ0n) is 14.1. The van der Waals surface area contributed by atoms with E-state index in [1.807, 2.05) is 6.07 Å². The zero-order valence-corrected chi connectivity index (χ0v) is 14.1. The molecule has 7 nitrogen and oxygen atoms in total. The molecule has 0 saturated heterocycles. The van der Waals surface area contributed by atoms with Crippen LogP contribution in [0.15, 0.2) is 34.4 Å². The van der Waals surface area contributed by atoms with Crippen molar-refractivity contribution in [3.8, 4) is 5.75 Å². The number of aromatic hydroxyl groups is 1. The van der Waals surface area contributed by atoms with Crippen LogP contribution < -0.4 is 5.32 Å². The van der Waals surface area contributed by atoms with Crippen LogP contribution in [0.25, 0.3) is 5.57 Å². The number of hydrogen-bond donors (Lipinski definition) is 3. The van der Waals surface area contributed by atoms with Gasteiger partial charge in [0.2, 0.25) is 0 Å². The first-order valence-electron chi connectivity index (χ1n) is 7.30. The van der Waals surface area contributed by atoms with Gasteiger partial charge in [-0.15, -0.1) is 0 Å². The molecular weight excluding hydrogens is 310 g/mol. The highest BCUT2D eigenvalue weighted by Gasteiger charge is 2.27. The van der Waals surface area contributed by atoms with Crippen LogP contribution in [0.4, 0.5) is 5.69 Å². The molecule has 7 heteroatoms. The Morgan fingerprint density at radius 2 is 2.17 bits per heavy atom. The van der Waals surface area contributed by atoms with Crippen molar-refractivity contribution < 1.29 is 19.7 Å². The lowest BCUT2D eigenvalue weighted by Crippen LogP contribution is -2.29. The van der Waals surface area contributed by atoms with Crippen molar-refractivity contribution in [2.24, 2.45) is 15.4 Å². The van der Waals surface area contributed by atoms with Gasteiger partial charge in [-0.2, -0.15) is 0 Å². The van der Waals surface area contributed by atoms with Gasteiger partial charge in [0.1, 0.15) is 12.5 Å². The predicted octanol–water partition coefficient (Wildman–Crippen LogP) is 2.63. The van der Waals surface area contributed by atoms with Crippen molar-refractivity contribution in [1.29, 1.82) is 0 Å². The summed E-state index contributed by atoms with van der Waals surface area (Å²) in [5, 5.41) is 21.8. The number of aliphatic imine (C=N–C) groups is 2. The molecule has 1 rings (SSSR count). The molecule has 1 aromatic rings. The lowest BCUT2D eigenvalue weighted by Gasteiger charge is -2.17. The first-order chi connectivity index (χ1) is 11.3. The standard InChI is InChI=1S/C17H23N3O4/c1-17(2,16(22)23)10-24-11-20-9-13(8-18-3)12-5-6-14(19-4)15(21)7-12/h5-9,19,21H,3,10-11H2,1-2,4H3,(H,22,23)/b13-8+,20-9-. The number of nitrogens with one attached hydrogen (secondary N) is 1. The summed E-state index contributed by atoms with van der Waals surface area (Å²) in [7, 11) is 1.72. The van der Waals surface area contributed by atoms with Crippen molar-refractivity contribution >= 4 is 30.2 Å². The molecule has 0 spiro atoms. The largest absolute Gasteiger partial charge is 0.506 e. The van der Waals surface area contributed by atoms with E-state index in [1.165, 1.54) is 12.4 Å². The minimum atomic E-state index is -0.967. The van der Waals surface area contributed by atoms with Crippen molar-refractivity contribution in [2.75, 3.05) is 25.7 Å². The van der Waals surface area contributed by atoms with E-state index in [-0.39, 0.29) is 19.1 Å². The van der Waals surface area contributed by atoms with Crippen LogP contribution in [0.5, 0.6) is 5.75 Å². The number of carboxylic acid groups (broad SMARTS) is 1. The van der Waals surface area contributed by atoms with E-state index in [9.17, 15) is 9.90 Å². The highest BCUT2D eigenvalue weighted by atomic mass is 16.5. The Labute approximate surface area is 141 Å². The Kier molecular flexibility index (Phi) is 7.13. The molecule has 0 unspecified atom stereocenters. The average molecular weight is 333 g/mol. The SMILES string of the molecule is C=N/C=C(\C=N/COCC(C)(C)C(=O)O)c1ccc(NC)c(O)c1. The summed E-state index contributed by atoms with van der Waals surface area (Å²) in [6, 6.07) is 5.13. The topological polar surface area (TPSA) is 104 Å². The van der Waals surface area contributed by atoms with Crippen LogP contribution in [0.1, 0.15) is 19.4 Å². The maximum Gasteiger partial charge on any atom is 0.311 e. The molecule has 0 heterocycles. The van der Waals surface area contributed by atoms with Gasteiger partial charge in [0.05, 0.1) is 17.7 Å². The molecule has 0 fully saturated rings. The summed E-state index contributed by atoms with van der Waals surface area (Å²) >= 11 is 0. The van der Waals surface area contributed by atoms with E-state index in [0.29, 0.717) is 16.8 Å². The van der Waals surface area contributed by atoms with Gasteiger partial charge >= 0.3 is 5.97 Å². The van der Waals surface area contributed by atoms with E-state index in [1.54, 1.807) is 33.0 Å². The third-order valence-electron chi connectivity index (χ3n) is 3.27. The Hall–Kier alpha value is -2.67. The summed E-state index contributed by atoms with van der Waals surface area (Å²) < 4.78 is 5.27. The van der Waals surface area contributed by atoms with Gasteiger partial charge in [0, 0.05) is 25.0 Å². The predicted molar refractivity (Wildman–Crippen MR) is 95.9 cm³/mol. The van der Waals surface area contributed by atoms with Crippen LogP contribution in [0.3, 0.4) is 0 Å². The average Bonchev–Trinajstić information content (AvgIpc) is 2.53. The summed E-state index contributed by atoms with van der Waals surface area (Å²) in [4.78, 5) is 18.8. The van der Waals surface area contributed by atoms with Crippen molar-refractivity contribution in [1.82, 2.24) is 0 Å². The third-order valence-corrected chi connectivity index (χ3v) is 3.27. The minimum Gasteiger partial charge on any atom is -0.506 e. The van der Waals surface area contributed by atoms with Crippen LogP contribution in [-0.4, -0.2) is 49.5 Å². The molecule has 0 aliphatic rings. The molecule has 24 heavy (non-hydrogen) atoms. The first kappa shape index (κ1) is 19.4. The molecule has 0 aliphatic carbocycles. The fraction of sp³-hybridized carbons (Fsp3) is 0.353. The molecule has 3 N–H and O–H groups in total. The number of allylic oxidation sites excluding steroid dienone is 1. The molecule has 130 valence electrons. The second kappa shape index (κ2) is 8.83. The Bertz CT molecular complexity index is 651. The summed E-state index contributed by atoms with van der Waals surface area (Å²) in [5.41, 5.74) is 1.00. The summed E-state index contributed by atoms with van der Waals surface area (Å²) in [6.45, 7) is 6.65.